The van der Waals surface area contributed by atoms with Gasteiger partial charge in [-0.05, 0) is 57.7 Å². The van der Waals surface area contributed by atoms with Crippen LogP contribution in [0, 0.1) is 0 Å². The first-order valence-electron chi connectivity index (χ1n) is 7.13. The molecule has 1 aliphatic carbocycles. The Morgan fingerprint density at radius 3 is 2.74 bits per heavy atom. The summed E-state index contributed by atoms with van der Waals surface area (Å²) in [4.78, 5) is 1.28. The molecule has 0 bridgehead atoms. The number of nitrogens with one attached hydrogen (secondary N) is 1. The maximum absolute atomic E-state index is 9.90. The van der Waals surface area contributed by atoms with Gasteiger partial charge >= 0.3 is 0 Å². The normalized spacial score (nSPS) is 23.8. The molecule has 2 rings (SSSR count). The zero-order valence-corrected chi connectivity index (χ0v) is 13.0. The van der Waals surface area contributed by atoms with Gasteiger partial charge in [0.2, 0.25) is 0 Å². The summed E-state index contributed by atoms with van der Waals surface area (Å²) in [5.41, 5.74) is 1.46. The van der Waals surface area contributed by atoms with E-state index in [1.807, 2.05) is 11.8 Å². The molecule has 3 heteroatoms. The molecule has 2 atom stereocenters. The maximum Gasteiger partial charge on any atom is 0.0662 e. The van der Waals surface area contributed by atoms with E-state index < -0.39 is 0 Å². The molecule has 0 amide bonds. The highest BCUT2D eigenvalue weighted by atomic mass is 32.2. The Morgan fingerprint density at radius 1 is 1.32 bits per heavy atom. The van der Waals surface area contributed by atoms with Gasteiger partial charge in [0.05, 0.1) is 6.10 Å². The van der Waals surface area contributed by atoms with E-state index >= 15 is 0 Å². The van der Waals surface area contributed by atoms with Gasteiger partial charge in [-0.3, -0.25) is 0 Å². The lowest BCUT2D eigenvalue weighted by Gasteiger charge is -2.21. The lowest BCUT2D eigenvalue weighted by molar-refractivity contribution is 0.188. The number of benzene rings is 1. The van der Waals surface area contributed by atoms with Crippen molar-refractivity contribution in [3.05, 3.63) is 29.8 Å². The van der Waals surface area contributed by atoms with Crippen LogP contribution in [0.15, 0.2) is 29.2 Å². The fourth-order valence-electron chi connectivity index (χ4n) is 2.31. The van der Waals surface area contributed by atoms with E-state index in [-0.39, 0.29) is 11.6 Å². The topological polar surface area (TPSA) is 32.3 Å². The summed E-state index contributed by atoms with van der Waals surface area (Å²) in [7, 11) is 0. The number of hydrogen-bond donors (Lipinski definition) is 2. The highest BCUT2D eigenvalue weighted by molar-refractivity contribution is 8.00. The van der Waals surface area contributed by atoms with Crippen LogP contribution >= 0.6 is 11.8 Å². The van der Waals surface area contributed by atoms with Gasteiger partial charge in [-0.2, -0.15) is 0 Å². The number of hydrogen-bond acceptors (Lipinski definition) is 3. The predicted octanol–water partition coefficient (Wildman–Crippen LogP) is 3.58. The van der Waals surface area contributed by atoms with Crippen molar-refractivity contribution in [1.29, 1.82) is 0 Å². The summed E-state index contributed by atoms with van der Waals surface area (Å²) < 4.78 is 0. The van der Waals surface area contributed by atoms with Crippen LogP contribution in [0.25, 0.3) is 0 Å². The van der Waals surface area contributed by atoms with Crippen LogP contribution in [-0.2, 0) is 6.54 Å². The van der Waals surface area contributed by atoms with Crippen molar-refractivity contribution in [3.8, 4) is 0 Å². The van der Waals surface area contributed by atoms with E-state index in [0.717, 1.165) is 25.8 Å². The quantitative estimate of drug-likeness (QED) is 0.883. The Balaban J connectivity index is 1.95. The van der Waals surface area contributed by atoms with Crippen molar-refractivity contribution >= 4 is 11.8 Å². The van der Waals surface area contributed by atoms with E-state index in [9.17, 15) is 5.11 Å². The Labute approximate surface area is 121 Å². The molecule has 0 radical (unpaired) electrons. The van der Waals surface area contributed by atoms with E-state index in [1.54, 1.807) is 0 Å². The van der Waals surface area contributed by atoms with Crippen molar-refractivity contribution in [2.24, 2.45) is 0 Å². The SMILES string of the molecule is CC(C)(C)NCc1cccc(SC2CCCC2O)c1. The minimum Gasteiger partial charge on any atom is -0.392 e. The monoisotopic (exact) mass is 279 g/mol. The molecule has 0 saturated heterocycles. The third-order valence-electron chi connectivity index (χ3n) is 3.43. The highest BCUT2D eigenvalue weighted by Crippen LogP contribution is 2.35. The molecule has 1 aromatic rings. The van der Waals surface area contributed by atoms with Crippen LogP contribution in [-0.4, -0.2) is 22.0 Å². The largest absolute Gasteiger partial charge is 0.392 e. The molecule has 0 heterocycles. The van der Waals surface area contributed by atoms with E-state index in [0.29, 0.717) is 5.25 Å². The van der Waals surface area contributed by atoms with Crippen molar-refractivity contribution < 1.29 is 5.11 Å². The Morgan fingerprint density at radius 2 is 2.11 bits per heavy atom. The fourth-order valence-corrected chi connectivity index (χ4v) is 3.62. The van der Waals surface area contributed by atoms with Crippen LogP contribution < -0.4 is 5.32 Å². The van der Waals surface area contributed by atoms with Gasteiger partial charge in [0.25, 0.3) is 0 Å². The zero-order chi connectivity index (χ0) is 13.9. The van der Waals surface area contributed by atoms with Crippen molar-refractivity contribution in [3.63, 3.8) is 0 Å². The van der Waals surface area contributed by atoms with Crippen LogP contribution in [0.4, 0.5) is 0 Å². The van der Waals surface area contributed by atoms with Gasteiger partial charge in [-0.1, -0.05) is 12.1 Å². The van der Waals surface area contributed by atoms with Crippen LogP contribution in [0.1, 0.15) is 45.6 Å². The molecular weight excluding hydrogens is 254 g/mol. The molecule has 2 nitrogen and oxygen atoms in total. The molecule has 2 N–H and O–H groups in total. The Bertz CT molecular complexity index is 413. The number of aliphatic hydroxyl groups is 1. The molecule has 1 saturated carbocycles. The third kappa shape index (κ3) is 4.83. The van der Waals surface area contributed by atoms with Gasteiger partial charge in [0.15, 0.2) is 0 Å². The first-order chi connectivity index (χ1) is 8.94. The molecule has 0 aromatic heterocycles. The number of thioether (sulfide) groups is 1. The lowest BCUT2D eigenvalue weighted by Crippen LogP contribution is -2.35. The molecule has 1 aliphatic rings. The molecule has 1 fully saturated rings. The van der Waals surface area contributed by atoms with E-state index in [1.165, 1.54) is 10.5 Å². The predicted molar refractivity (Wildman–Crippen MR) is 82.5 cm³/mol. The second kappa shape index (κ2) is 6.29. The highest BCUT2D eigenvalue weighted by Gasteiger charge is 2.25. The van der Waals surface area contributed by atoms with Crippen LogP contribution in [0.5, 0.6) is 0 Å². The average Bonchev–Trinajstić information content (AvgIpc) is 2.72. The Hall–Kier alpha value is -0.510. The first-order valence-corrected chi connectivity index (χ1v) is 8.01. The van der Waals surface area contributed by atoms with E-state index in [4.69, 9.17) is 0 Å². The summed E-state index contributed by atoms with van der Waals surface area (Å²) in [5, 5.41) is 13.8. The molecule has 0 aliphatic heterocycles. The van der Waals surface area contributed by atoms with Crippen molar-refractivity contribution in [1.82, 2.24) is 5.32 Å². The summed E-state index contributed by atoms with van der Waals surface area (Å²) in [6.45, 7) is 7.44. The van der Waals surface area contributed by atoms with Crippen molar-refractivity contribution in [2.75, 3.05) is 0 Å². The zero-order valence-electron chi connectivity index (χ0n) is 12.1. The average molecular weight is 279 g/mol. The summed E-state index contributed by atoms with van der Waals surface area (Å²) in [5.74, 6) is 0. The second-order valence-electron chi connectivity index (χ2n) is 6.41. The van der Waals surface area contributed by atoms with Gasteiger partial charge in [-0.15, -0.1) is 11.8 Å². The van der Waals surface area contributed by atoms with Gasteiger partial charge in [0.1, 0.15) is 0 Å². The van der Waals surface area contributed by atoms with Gasteiger partial charge in [-0.25, -0.2) is 0 Å². The van der Waals surface area contributed by atoms with Crippen molar-refractivity contribution in [2.45, 2.75) is 68.4 Å². The summed E-state index contributed by atoms with van der Waals surface area (Å²) >= 11 is 1.83. The summed E-state index contributed by atoms with van der Waals surface area (Å²) in [6.07, 6.45) is 3.13. The minimum absolute atomic E-state index is 0.124. The Kier molecular flexibility index (Phi) is 4.93. The smallest absolute Gasteiger partial charge is 0.0662 e. The molecule has 0 spiro atoms. The second-order valence-corrected chi connectivity index (χ2v) is 7.72. The number of rotatable bonds is 4. The fraction of sp³-hybridized carbons (Fsp3) is 0.625. The van der Waals surface area contributed by atoms with Gasteiger partial charge < -0.3 is 10.4 Å². The molecule has 19 heavy (non-hydrogen) atoms. The number of aliphatic hydroxyl groups excluding tert-OH is 1. The standard InChI is InChI=1S/C16H25NOS/c1-16(2,3)17-11-12-6-4-7-13(10-12)19-15-9-5-8-14(15)18/h4,6-7,10,14-15,17-18H,5,8-9,11H2,1-3H3. The third-order valence-corrected chi connectivity index (χ3v) is 4.81. The van der Waals surface area contributed by atoms with E-state index in [2.05, 4.69) is 50.4 Å². The molecule has 106 valence electrons. The molecule has 2 unspecified atom stereocenters. The lowest BCUT2D eigenvalue weighted by atomic mass is 10.1. The minimum atomic E-state index is -0.124. The summed E-state index contributed by atoms with van der Waals surface area (Å²) in [6, 6.07) is 8.67. The van der Waals surface area contributed by atoms with Crippen LogP contribution in [0.3, 0.4) is 0 Å². The molecular formula is C16H25NOS. The first kappa shape index (κ1) is 14.9. The van der Waals surface area contributed by atoms with Gasteiger partial charge in [0, 0.05) is 22.2 Å². The molecule has 1 aromatic carbocycles. The van der Waals surface area contributed by atoms with Crippen LogP contribution in [0.2, 0.25) is 0 Å². The maximum atomic E-state index is 9.90.